The average molecular weight is 447 g/mol. The molecule has 0 saturated heterocycles. The minimum Gasteiger partial charge on any atom is -0.383 e. The van der Waals surface area contributed by atoms with Crippen molar-refractivity contribution in [2.45, 2.75) is 19.4 Å². The lowest BCUT2D eigenvalue weighted by Crippen LogP contribution is -2.33. The third-order valence-corrected chi connectivity index (χ3v) is 6.57. The minimum atomic E-state index is -0.578. The molecule has 7 heteroatoms. The maximum atomic E-state index is 14.9. The number of methoxy groups -OCH3 is 1. The van der Waals surface area contributed by atoms with E-state index in [1.54, 1.807) is 19.2 Å². The molecule has 0 unspecified atom stereocenters. The van der Waals surface area contributed by atoms with Crippen molar-refractivity contribution < 1.29 is 13.9 Å². The number of nitrogens with one attached hydrogen (secondary N) is 1. The third kappa shape index (κ3) is 4.21. The predicted octanol–water partition coefficient (Wildman–Crippen LogP) is 3.43. The van der Waals surface area contributed by atoms with E-state index < -0.39 is 5.95 Å². The van der Waals surface area contributed by atoms with E-state index in [0.29, 0.717) is 29.8 Å². The number of hydrogen-bond donors (Lipinski definition) is 2. The van der Waals surface area contributed by atoms with E-state index in [9.17, 15) is 9.18 Å². The lowest BCUT2D eigenvalue weighted by Gasteiger charge is -2.28. The summed E-state index contributed by atoms with van der Waals surface area (Å²) in [6.07, 6.45) is 1.67. The molecule has 0 spiro atoms. The maximum Gasteiger partial charge on any atom is 0.251 e. The number of nitrogen functional groups attached to an aromatic ring is 1. The Balaban J connectivity index is 1.48. The van der Waals surface area contributed by atoms with E-state index in [0.717, 1.165) is 49.2 Å². The van der Waals surface area contributed by atoms with Gasteiger partial charge in [0.2, 0.25) is 5.95 Å². The van der Waals surface area contributed by atoms with Crippen molar-refractivity contribution in [3.05, 3.63) is 70.7 Å². The summed E-state index contributed by atoms with van der Waals surface area (Å²) in [5, 5.41) is 2.85. The number of benzene rings is 2. The fourth-order valence-electron chi connectivity index (χ4n) is 4.72. The van der Waals surface area contributed by atoms with Gasteiger partial charge in [0.15, 0.2) is 0 Å². The molecule has 2 aromatic carbocycles. The van der Waals surface area contributed by atoms with Crippen LogP contribution in [0.15, 0.2) is 42.5 Å². The number of halogens is 1. The number of rotatable bonds is 5. The van der Waals surface area contributed by atoms with Crippen LogP contribution in [0.1, 0.15) is 27.0 Å². The standard InChI is InChI=1S/C26H27FN4O2/c1-33-11-10-31-9-7-16-12-17(2-3-20(16)15-31)22-14-23(25(28)30-24(22)27)18-4-5-21-19(13-18)6-8-29-26(21)32/h2-5,12-14H,6-11,15H2,1H3,(H2,28,30)(H,29,32). The van der Waals surface area contributed by atoms with Crippen molar-refractivity contribution in [3.63, 3.8) is 0 Å². The molecule has 5 rings (SSSR count). The first-order valence-electron chi connectivity index (χ1n) is 11.2. The van der Waals surface area contributed by atoms with E-state index in [4.69, 9.17) is 10.5 Å². The van der Waals surface area contributed by atoms with Gasteiger partial charge in [-0.2, -0.15) is 4.39 Å². The second-order valence-corrected chi connectivity index (χ2v) is 8.64. The first kappa shape index (κ1) is 21.6. The summed E-state index contributed by atoms with van der Waals surface area (Å²) in [4.78, 5) is 18.5. The summed E-state index contributed by atoms with van der Waals surface area (Å²) in [6, 6.07) is 13.5. The van der Waals surface area contributed by atoms with Crippen LogP contribution in [0.4, 0.5) is 10.2 Å². The molecule has 1 aromatic heterocycles. The van der Waals surface area contributed by atoms with E-state index in [2.05, 4.69) is 27.3 Å². The SMILES string of the molecule is COCCN1CCc2cc(-c3cc(-c4ccc5c(c4)CCNC5=O)c(N)nc3F)ccc2C1. The molecule has 2 aliphatic rings. The summed E-state index contributed by atoms with van der Waals surface area (Å²) >= 11 is 0. The lowest BCUT2D eigenvalue weighted by molar-refractivity contribution is 0.0946. The number of ether oxygens (including phenoxy) is 1. The second-order valence-electron chi connectivity index (χ2n) is 8.64. The number of anilines is 1. The molecular weight excluding hydrogens is 419 g/mol. The van der Waals surface area contributed by atoms with E-state index in [1.165, 1.54) is 11.1 Å². The number of nitrogens with zero attached hydrogens (tertiary/aromatic N) is 2. The van der Waals surface area contributed by atoms with Crippen molar-refractivity contribution in [2.24, 2.45) is 0 Å². The van der Waals surface area contributed by atoms with E-state index in [1.807, 2.05) is 18.2 Å². The molecular formula is C26H27FN4O2. The lowest BCUT2D eigenvalue weighted by atomic mass is 9.92. The van der Waals surface area contributed by atoms with Gasteiger partial charge in [-0.3, -0.25) is 9.69 Å². The quantitative estimate of drug-likeness (QED) is 0.587. The monoisotopic (exact) mass is 446 g/mol. The molecule has 0 saturated carbocycles. The molecule has 6 nitrogen and oxygen atoms in total. The number of nitrogens with two attached hydrogens (primary N) is 1. The van der Waals surface area contributed by atoms with Crippen LogP contribution >= 0.6 is 0 Å². The van der Waals surface area contributed by atoms with Gasteiger partial charge >= 0.3 is 0 Å². The van der Waals surface area contributed by atoms with Crippen molar-refractivity contribution in [2.75, 3.05) is 39.1 Å². The average Bonchev–Trinajstić information content (AvgIpc) is 2.82. The predicted molar refractivity (Wildman–Crippen MR) is 126 cm³/mol. The number of aromatic nitrogens is 1. The van der Waals surface area contributed by atoms with Gasteiger partial charge in [-0.25, -0.2) is 4.98 Å². The van der Waals surface area contributed by atoms with Gasteiger partial charge in [0, 0.05) is 50.0 Å². The Bertz CT molecular complexity index is 1230. The van der Waals surface area contributed by atoms with Gasteiger partial charge in [0.25, 0.3) is 5.91 Å². The normalized spacial score (nSPS) is 15.6. The van der Waals surface area contributed by atoms with Gasteiger partial charge in [0.1, 0.15) is 5.82 Å². The maximum absolute atomic E-state index is 14.9. The summed E-state index contributed by atoms with van der Waals surface area (Å²) in [5.41, 5.74) is 13.0. The number of carbonyl (C=O) groups excluding carboxylic acids is 1. The topological polar surface area (TPSA) is 80.5 Å². The van der Waals surface area contributed by atoms with Crippen LogP contribution in [-0.2, 0) is 24.1 Å². The van der Waals surface area contributed by atoms with Crippen LogP contribution < -0.4 is 11.1 Å². The smallest absolute Gasteiger partial charge is 0.251 e. The number of carbonyl (C=O) groups is 1. The molecule has 3 N–H and O–H groups in total. The Labute approximate surface area is 192 Å². The first-order chi connectivity index (χ1) is 16.0. The zero-order chi connectivity index (χ0) is 22.9. The van der Waals surface area contributed by atoms with Crippen LogP contribution in [-0.4, -0.2) is 49.1 Å². The Morgan fingerprint density at radius 1 is 1.03 bits per heavy atom. The summed E-state index contributed by atoms with van der Waals surface area (Å²) in [7, 11) is 1.72. The molecule has 3 aromatic rings. The van der Waals surface area contributed by atoms with Crippen LogP contribution in [0.25, 0.3) is 22.3 Å². The van der Waals surface area contributed by atoms with Gasteiger partial charge in [-0.05, 0) is 52.8 Å². The molecule has 0 atom stereocenters. The van der Waals surface area contributed by atoms with Crippen LogP contribution in [0.2, 0.25) is 0 Å². The fraction of sp³-hybridized carbons (Fsp3) is 0.308. The second kappa shape index (κ2) is 8.92. The van der Waals surface area contributed by atoms with Crippen LogP contribution in [0, 0.1) is 5.95 Å². The molecule has 0 bridgehead atoms. The zero-order valence-corrected chi connectivity index (χ0v) is 18.7. The fourth-order valence-corrected chi connectivity index (χ4v) is 4.72. The molecule has 170 valence electrons. The molecule has 3 heterocycles. The molecule has 0 radical (unpaired) electrons. The number of amides is 1. The highest BCUT2D eigenvalue weighted by Gasteiger charge is 2.21. The number of pyridine rings is 1. The highest BCUT2D eigenvalue weighted by Crippen LogP contribution is 2.34. The van der Waals surface area contributed by atoms with Crippen molar-refractivity contribution >= 4 is 11.7 Å². The third-order valence-electron chi connectivity index (χ3n) is 6.57. The van der Waals surface area contributed by atoms with Crippen molar-refractivity contribution in [3.8, 4) is 22.3 Å². The highest BCUT2D eigenvalue weighted by atomic mass is 19.1. The molecule has 2 aliphatic heterocycles. The van der Waals surface area contributed by atoms with Gasteiger partial charge in [-0.15, -0.1) is 0 Å². The van der Waals surface area contributed by atoms with Crippen molar-refractivity contribution in [1.82, 2.24) is 15.2 Å². The Morgan fingerprint density at radius 2 is 1.82 bits per heavy atom. The van der Waals surface area contributed by atoms with Crippen molar-refractivity contribution in [1.29, 1.82) is 0 Å². The summed E-state index contributed by atoms with van der Waals surface area (Å²) in [6.45, 7) is 4.05. The van der Waals surface area contributed by atoms with Crippen LogP contribution in [0.5, 0.6) is 0 Å². The van der Waals surface area contributed by atoms with E-state index in [-0.39, 0.29) is 11.7 Å². The largest absolute Gasteiger partial charge is 0.383 e. The van der Waals surface area contributed by atoms with Gasteiger partial charge < -0.3 is 15.8 Å². The zero-order valence-electron chi connectivity index (χ0n) is 18.7. The molecule has 0 aliphatic carbocycles. The van der Waals surface area contributed by atoms with E-state index >= 15 is 0 Å². The highest BCUT2D eigenvalue weighted by molar-refractivity contribution is 5.97. The first-order valence-corrected chi connectivity index (χ1v) is 11.2. The molecule has 1 amide bonds. The minimum absolute atomic E-state index is 0.0662. The van der Waals surface area contributed by atoms with Gasteiger partial charge in [0.05, 0.1) is 6.61 Å². The Kier molecular flexibility index (Phi) is 5.83. The Hall–Kier alpha value is -3.29. The van der Waals surface area contributed by atoms with Gasteiger partial charge in [-0.1, -0.05) is 30.3 Å². The number of fused-ring (bicyclic) bond motifs is 2. The summed E-state index contributed by atoms with van der Waals surface area (Å²) < 4.78 is 20.1. The van der Waals surface area contributed by atoms with Crippen LogP contribution in [0.3, 0.4) is 0 Å². The molecule has 0 fully saturated rings. The summed E-state index contributed by atoms with van der Waals surface area (Å²) in [5.74, 6) is -0.502. The molecule has 33 heavy (non-hydrogen) atoms. The number of hydrogen-bond acceptors (Lipinski definition) is 5. The Morgan fingerprint density at radius 3 is 2.67 bits per heavy atom.